The molecule has 1 fully saturated rings. The molecular formula is C13H14ClN3OS. The number of hydrogen-bond acceptors (Lipinski definition) is 4. The molecule has 1 atom stereocenters. The number of hydrogen-bond donors (Lipinski definition) is 2. The molecule has 4 nitrogen and oxygen atoms in total. The maximum Gasteiger partial charge on any atom is 0.227 e. The number of nitrogens with two attached hydrogens (primary N) is 1. The SMILES string of the molecule is NC(CC(=O)Nc1nc2ccc(Cl)cc2s1)C1CC1. The molecule has 0 saturated heterocycles. The van der Waals surface area contributed by atoms with Crippen LogP contribution >= 0.6 is 22.9 Å². The van der Waals surface area contributed by atoms with E-state index in [1.807, 2.05) is 12.1 Å². The summed E-state index contributed by atoms with van der Waals surface area (Å²) < 4.78 is 0.967. The van der Waals surface area contributed by atoms with Crippen LogP contribution in [0.5, 0.6) is 0 Å². The van der Waals surface area contributed by atoms with Gasteiger partial charge >= 0.3 is 0 Å². The molecule has 0 radical (unpaired) electrons. The van der Waals surface area contributed by atoms with E-state index < -0.39 is 0 Å². The summed E-state index contributed by atoms with van der Waals surface area (Å²) in [5, 5.41) is 4.08. The Labute approximate surface area is 120 Å². The zero-order valence-electron chi connectivity index (χ0n) is 10.2. The maximum absolute atomic E-state index is 11.8. The summed E-state index contributed by atoms with van der Waals surface area (Å²) in [6.45, 7) is 0. The van der Waals surface area contributed by atoms with E-state index in [4.69, 9.17) is 17.3 Å². The Bertz CT molecular complexity index is 623. The van der Waals surface area contributed by atoms with E-state index in [9.17, 15) is 4.79 Å². The topological polar surface area (TPSA) is 68.0 Å². The summed E-state index contributed by atoms with van der Waals surface area (Å²) >= 11 is 7.34. The third-order valence-electron chi connectivity index (χ3n) is 3.25. The number of halogens is 1. The van der Waals surface area contributed by atoms with E-state index in [2.05, 4.69) is 10.3 Å². The fourth-order valence-corrected chi connectivity index (χ4v) is 3.19. The van der Waals surface area contributed by atoms with Gasteiger partial charge in [0.1, 0.15) is 0 Å². The summed E-state index contributed by atoms with van der Waals surface area (Å²) in [4.78, 5) is 16.2. The van der Waals surface area contributed by atoms with E-state index in [-0.39, 0.29) is 11.9 Å². The summed E-state index contributed by atoms with van der Waals surface area (Å²) in [6, 6.07) is 5.46. The van der Waals surface area contributed by atoms with Crippen molar-refractivity contribution in [2.24, 2.45) is 11.7 Å². The first-order chi connectivity index (χ1) is 9.11. The molecule has 3 N–H and O–H groups in total. The van der Waals surface area contributed by atoms with Crippen molar-refractivity contribution in [2.75, 3.05) is 5.32 Å². The van der Waals surface area contributed by atoms with Crippen LogP contribution < -0.4 is 11.1 Å². The largest absolute Gasteiger partial charge is 0.327 e. The highest BCUT2D eigenvalue weighted by molar-refractivity contribution is 7.22. The first kappa shape index (κ1) is 12.8. The average Bonchev–Trinajstić information content (AvgIpc) is 3.11. The molecule has 1 saturated carbocycles. The zero-order chi connectivity index (χ0) is 13.4. The lowest BCUT2D eigenvalue weighted by Crippen LogP contribution is -2.28. The van der Waals surface area contributed by atoms with Gasteiger partial charge in [-0.2, -0.15) is 0 Å². The van der Waals surface area contributed by atoms with Crippen LogP contribution in [-0.2, 0) is 4.79 Å². The monoisotopic (exact) mass is 295 g/mol. The van der Waals surface area contributed by atoms with Crippen LogP contribution in [0.15, 0.2) is 18.2 Å². The van der Waals surface area contributed by atoms with Gasteiger partial charge in [-0.05, 0) is 37.0 Å². The molecule has 0 spiro atoms. The molecule has 0 bridgehead atoms. The van der Waals surface area contributed by atoms with Gasteiger partial charge in [0.05, 0.1) is 10.2 Å². The van der Waals surface area contributed by atoms with Crippen LogP contribution in [0.1, 0.15) is 19.3 Å². The highest BCUT2D eigenvalue weighted by atomic mass is 35.5. The van der Waals surface area contributed by atoms with E-state index in [0.717, 1.165) is 23.1 Å². The fourth-order valence-electron chi connectivity index (χ4n) is 2.03. The fraction of sp³-hybridized carbons (Fsp3) is 0.385. The van der Waals surface area contributed by atoms with Gasteiger partial charge in [-0.1, -0.05) is 22.9 Å². The predicted octanol–water partition coefficient (Wildman–Crippen LogP) is 3.02. The van der Waals surface area contributed by atoms with Crippen molar-refractivity contribution in [1.82, 2.24) is 4.98 Å². The summed E-state index contributed by atoms with van der Waals surface area (Å²) in [5.41, 5.74) is 6.78. The van der Waals surface area contributed by atoms with Crippen LogP contribution in [0.4, 0.5) is 5.13 Å². The Morgan fingerprint density at radius 1 is 1.58 bits per heavy atom. The molecule has 1 unspecified atom stereocenters. The normalized spacial score (nSPS) is 16.5. The van der Waals surface area contributed by atoms with Gasteiger partial charge < -0.3 is 11.1 Å². The van der Waals surface area contributed by atoms with Crippen LogP contribution in [0.3, 0.4) is 0 Å². The minimum atomic E-state index is -0.0652. The van der Waals surface area contributed by atoms with Crippen molar-refractivity contribution >= 4 is 44.2 Å². The molecule has 100 valence electrons. The second-order valence-corrected chi connectivity index (χ2v) is 6.35. The second-order valence-electron chi connectivity index (χ2n) is 4.88. The maximum atomic E-state index is 11.8. The number of carbonyl (C=O) groups excluding carboxylic acids is 1. The van der Waals surface area contributed by atoms with E-state index in [1.54, 1.807) is 6.07 Å². The van der Waals surface area contributed by atoms with Crippen molar-refractivity contribution in [1.29, 1.82) is 0 Å². The Kier molecular flexibility index (Phi) is 3.43. The smallest absolute Gasteiger partial charge is 0.227 e. The number of fused-ring (bicyclic) bond motifs is 1. The zero-order valence-corrected chi connectivity index (χ0v) is 11.8. The quantitative estimate of drug-likeness (QED) is 0.911. The number of rotatable bonds is 4. The van der Waals surface area contributed by atoms with Gasteiger partial charge in [0.25, 0.3) is 0 Å². The van der Waals surface area contributed by atoms with Crippen LogP contribution in [0, 0.1) is 5.92 Å². The molecule has 1 aromatic carbocycles. The summed E-state index contributed by atoms with van der Waals surface area (Å²) in [7, 11) is 0. The van der Waals surface area contributed by atoms with Crippen molar-refractivity contribution in [3.63, 3.8) is 0 Å². The van der Waals surface area contributed by atoms with Crippen molar-refractivity contribution in [2.45, 2.75) is 25.3 Å². The van der Waals surface area contributed by atoms with Gasteiger partial charge in [-0.25, -0.2) is 4.98 Å². The van der Waals surface area contributed by atoms with Crippen molar-refractivity contribution < 1.29 is 4.79 Å². The van der Waals surface area contributed by atoms with E-state index >= 15 is 0 Å². The Balaban J connectivity index is 1.68. The Hall–Kier alpha value is -1.17. The van der Waals surface area contributed by atoms with E-state index in [0.29, 0.717) is 22.5 Å². The highest BCUT2D eigenvalue weighted by Crippen LogP contribution is 2.33. The predicted molar refractivity (Wildman–Crippen MR) is 78.6 cm³/mol. The average molecular weight is 296 g/mol. The molecule has 3 rings (SSSR count). The van der Waals surface area contributed by atoms with Crippen LogP contribution in [-0.4, -0.2) is 16.9 Å². The summed E-state index contributed by atoms with van der Waals surface area (Å²) in [6.07, 6.45) is 2.66. The standard InChI is InChI=1S/C13H14ClN3OS/c14-8-3-4-10-11(5-8)19-13(16-10)17-12(18)6-9(15)7-1-2-7/h3-5,7,9H,1-2,6,15H2,(H,16,17,18). The minimum Gasteiger partial charge on any atom is -0.327 e. The first-order valence-electron chi connectivity index (χ1n) is 6.23. The van der Waals surface area contributed by atoms with Crippen LogP contribution in [0.2, 0.25) is 5.02 Å². The molecule has 2 aromatic rings. The third-order valence-corrected chi connectivity index (χ3v) is 4.41. The lowest BCUT2D eigenvalue weighted by atomic mass is 10.1. The second kappa shape index (κ2) is 5.07. The number of amides is 1. The Morgan fingerprint density at radius 3 is 3.11 bits per heavy atom. The molecular weight excluding hydrogens is 282 g/mol. The molecule has 1 aliphatic rings. The number of anilines is 1. The first-order valence-corrected chi connectivity index (χ1v) is 7.43. The number of benzene rings is 1. The number of nitrogens with one attached hydrogen (secondary N) is 1. The molecule has 0 aliphatic heterocycles. The number of thiazole rings is 1. The van der Waals surface area contributed by atoms with Gasteiger partial charge in [0.15, 0.2) is 5.13 Å². The molecule has 1 amide bonds. The number of aromatic nitrogens is 1. The van der Waals surface area contributed by atoms with Gasteiger partial charge in [-0.3, -0.25) is 4.79 Å². The van der Waals surface area contributed by atoms with Crippen molar-refractivity contribution in [3.8, 4) is 0 Å². The molecule has 1 aromatic heterocycles. The molecule has 6 heteroatoms. The lowest BCUT2D eigenvalue weighted by Gasteiger charge is -2.08. The highest BCUT2D eigenvalue weighted by Gasteiger charge is 2.29. The van der Waals surface area contributed by atoms with E-state index in [1.165, 1.54) is 11.3 Å². The van der Waals surface area contributed by atoms with Crippen molar-refractivity contribution in [3.05, 3.63) is 23.2 Å². The lowest BCUT2D eigenvalue weighted by molar-refractivity contribution is -0.116. The van der Waals surface area contributed by atoms with Gasteiger partial charge in [0.2, 0.25) is 5.91 Å². The molecule has 19 heavy (non-hydrogen) atoms. The minimum absolute atomic E-state index is 0.0242. The number of carbonyl (C=O) groups is 1. The molecule has 1 heterocycles. The van der Waals surface area contributed by atoms with Gasteiger partial charge in [0, 0.05) is 17.5 Å². The molecule has 1 aliphatic carbocycles. The third kappa shape index (κ3) is 3.05. The number of nitrogens with zero attached hydrogens (tertiary/aromatic N) is 1. The van der Waals surface area contributed by atoms with Crippen LogP contribution in [0.25, 0.3) is 10.2 Å². The Morgan fingerprint density at radius 2 is 2.37 bits per heavy atom. The van der Waals surface area contributed by atoms with Gasteiger partial charge in [-0.15, -0.1) is 0 Å². The summed E-state index contributed by atoms with van der Waals surface area (Å²) in [5.74, 6) is 0.462.